The Balaban J connectivity index is 3.06. The Morgan fingerprint density at radius 2 is 1.91 bits per heavy atom. The molecule has 1 aromatic rings. The van der Waals surface area contributed by atoms with Crippen molar-refractivity contribution < 1.29 is 12.9 Å². The van der Waals surface area contributed by atoms with E-state index in [1.165, 1.54) is 12.1 Å². The van der Waals surface area contributed by atoms with E-state index in [2.05, 4.69) is 4.98 Å². The highest BCUT2D eigenvalue weighted by Gasteiger charge is 2.27. The van der Waals surface area contributed by atoms with Gasteiger partial charge in [-0.15, -0.1) is 0 Å². The number of aromatic nitrogens is 1. The molecule has 0 aromatic carbocycles. The van der Waals surface area contributed by atoms with E-state index in [9.17, 15) is 12.9 Å². The normalized spacial score (nSPS) is 11.5. The Bertz CT molecular complexity index is 260. The van der Waals surface area contributed by atoms with Crippen LogP contribution in [0.4, 0.5) is 18.8 Å². The summed E-state index contributed by atoms with van der Waals surface area (Å²) in [6, 6.07) is 3.44. The summed E-state index contributed by atoms with van der Waals surface area (Å²) < 4.78 is 35.7. The van der Waals surface area contributed by atoms with Crippen molar-refractivity contribution in [3.63, 3.8) is 0 Å². The molecule has 0 aliphatic carbocycles. The molecule has 0 fully saturated rings. The topological polar surface area (TPSA) is 38.9 Å². The standard InChI is InChI=1S/C5H5BF3N2/c7-6(8,9)4-2-1-3-5(10)11-4/h1-3H,(H2,10,11)/q-1. The summed E-state index contributed by atoms with van der Waals surface area (Å²) in [7, 11) is 0. The van der Waals surface area contributed by atoms with E-state index in [-0.39, 0.29) is 5.82 Å². The van der Waals surface area contributed by atoms with Crippen LogP contribution in [0.25, 0.3) is 0 Å². The molecule has 0 saturated carbocycles. The van der Waals surface area contributed by atoms with Crippen molar-refractivity contribution in [1.29, 1.82) is 0 Å². The van der Waals surface area contributed by atoms with Crippen LogP contribution < -0.4 is 11.3 Å². The minimum atomic E-state index is -5.01. The van der Waals surface area contributed by atoms with Gasteiger partial charge in [0.05, 0.1) is 0 Å². The van der Waals surface area contributed by atoms with Gasteiger partial charge < -0.3 is 18.7 Å². The van der Waals surface area contributed by atoms with E-state index >= 15 is 0 Å². The lowest BCUT2D eigenvalue weighted by molar-refractivity contribution is 0.498. The number of anilines is 1. The van der Waals surface area contributed by atoms with Gasteiger partial charge in [-0.05, 0) is 11.7 Å². The lowest BCUT2D eigenvalue weighted by Gasteiger charge is -2.12. The van der Waals surface area contributed by atoms with Gasteiger partial charge in [0.25, 0.3) is 0 Å². The van der Waals surface area contributed by atoms with Crippen molar-refractivity contribution in [3.05, 3.63) is 18.2 Å². The molecule has 1 aromatic heterocycles. The summed E-state index contributed by atoms with van der Waals surface area (Å²) in [5, 5.41) is 0. The maximum absolute atomic E-state index is 11.9. The maximum Gasteiger partial charge on any atom is 0.527 e. The largest absolute Gasteiger partial charge is 0.527 e. The van der Waals surface area contributed by atoms with Gasteiger partial charge in [0, 0.05) is 0 Å². The number of halogens is 3. The van der Waals surface area contributed by atoms with Gasteiger partial charge in [-0.1, -0.05) is 12.1 Å². The zero-order chi connectivity index (χ0) is 8.48. The van der Waals surface area contributed by atoms with Crippen molar-refractivity contribution in [3.8, 4) is 0 Å². The average Bonchev–Trinajstić information content (AvgIpc) is 1.86. The molecule has 0 atom stereocenters. The predicted molar refractivity (Wildman–Crippen MR) is 37.4 cm³/mol. The number of hydrogen-bond acceptors (Lipinski definition) is 2. The molecule has 0 saturated heterocycles. The zero-order valence-corrected chi connectivity index (χ0v) is 5.47. The Hall–Kier alpha value is -1.20. The highest BCUT2D eigenvalue weighted by atomic mass is 19.4. The first-order valence-corrected chi connectivity index (χ1v) is 2.92. The van der Waals surface area contributed by atoms with Crippen molar-refractivity contribution in [2.24, 2.45) is 0 Å². The van der Waals surface area contributed by atoms with Crippen LogP contribution in [0.5, 0.6) is 0 Å². The van der Waals surface area contributed by atoms with Gasteiger partial charge in [-0.3, -0.25) is 4.98 Å². The van der Waals surface area contributed by atoms with Gasteiger partial charge in [-0.2, -0.15) is 0 Å². The Labute approximate surface area is 61.3 Å². The fraction of sp³-hybridized carbons (Fsp3) is 0. The number of nitrogens with zero attached hydrogens (tertiary/aromatic N) is 1. The molecule has 2 nitrogen and oxygen atoms in total. The first-order chi connectivity index (χ1) is 5.00. The van der Waals surface area contributed by atoms with E-state index < -0.39 is 12.6 Å². The van der Waals surface area contributed by atoms with Crippen LogP contribution >= 0.6 is 0 Å². The molecule has 0 spiro atoms. The molecule has 60 valence electrons. The first-order valence-electron chi connectivity index (χ1n) is 2.92. The molecule has 0 aliphatic heterocycles. The van der Waals surface area contributed by atoms with Crippen LogP contribution in [0.1, 0.15) is 0 Å². The first kappa shape index (κ1) is 7.91. The molecule has 0 unspecified atom stereocenters. The highest BCUT2D eigenvalue weighted by Crippen LogP contribution is 2.07. The lowest BCUT2D eigenvalue weighted by atomic mass is 9.86. The van der Waals surface area contributed by atoms with Gasteiger partial charge in [0.15, 0.2) is 0 Å². The summed E-state index contributed by atoms with van der Waals surface area (Å²) in [5.41, 5.74) is 4.16. The quantitative estimate of drug-likeness (QED) is 0.616. The van der Waals surface area contributed by atoms with Crippen molar-refractivity contribution in [2.45, 2.75) is 0 Å². The van der Waals surface area contributed by atoms with E-state index in [4.69, 9.17) is 5.73 Å². The zero-order valence-electron chi connectivity index (χ0n) is 5.47. The maximum atomic E-state index is 11.9. The Morgan fingerprint density at radius 3 is 2.27 bits per heavy atom. The minimum absolute atomic E-state index is 0.110. The summed E-state index contributed by atoms with van der Waals surface area (Å²) in [5.74, 6) is -0.110. The number of hydrogen-bond donors (Lipinski definition) is 1. The van der Waals surface area contributed by atoms with E-state index in [1.807, 2.05) is 0 Å². The summed E-state index contributed by atoms with van der Waals surface area (Å²) >= 11 is 0. The molecule has 1 rings (SSSR count). The van der Waals surface area contributed by atoms with Crippen molar-refractivity contribution in [2.75, 3.05) is 5.73 Å². The highest BCUT2D eigenvalue weighted by molar-refractivity contribution is 6.72. The van der Waals surface area contributed by atoms with E-state index in [0.29, 0.717) is 0 Å². The van der Waals surface area contributed by atoms with Gasteiger partial charge in [-0.25, -0.2) is 0 Å². The van der Waals surface area contributed by atoms with Gasteiger partial charge in [0.2, 0.25) is 0 Å². The van der Waals surface area contributed by atoms with Crippen LogP contribution in [-0.4, -0.2) is 12.0 Å². The Morgan fingerprint density at radius 1 is 1.27 bits per heavy atom. The average molecular weight is 161 g/mol. The summed E-state index contributed by atoms with van der Waals surface area (Å²) in [4.78, 5) is 3.12. The second kappa shape index (κ2) is 2.45. The second-order valence-electron chi connectivity index (χ2n) is 2.06. The third kappa shape index (κ3) is 1.86. The second-order valence-corrected chi connectivity index (χ2v) is 2.06. The molecule has 6 heteroatoms. The van der Waals surface area contributed by atoms with Crippen LogP contribution in [0.15, 0.2) is 18.2 Å². The molecule has 11 heavy (non-hydrogen) atoms. The predicted octanol–water partition coefficient (Wildman–Crippen LogP) is 0.718. The van der Waals surface area contributed by atoms with Crippen LogP contribution in [0, 0.1) is 0 Å². The van der Waals surface area contributed by atoms with E-state index in [0.717, 1.165) is 6.07 Å². The number of pyridine rings is 1. The lowest BCUT2D eigenvalue weighted by Crippen LogP contribution is -2.36. The smallest absolute Gasteiger partial charge is 0.444 e. The van der Waals surface area contributed by atoms with Crippen LogP contribution in [0.3, 0.4) is 0 Å². The molecular weight excluding hydrogens is 156 g/mol. The molecule has 1 heterocycles. The van der Waals surface area contributed by atoms with Crippen LogP contribution in [0.2, 0.25) is 0 Å². The number of nitrogen functional groups attached to an aromatic ring is 1. The molecular formula is C5H5BF3N2-. The molecule has 0 radical (unpaired) electrons. The van der Waals surface area contributed by atoms with Gasteiger partial charge >= 0.3 is 6.98 Å². The molecule has 0 aliphatic rings. The third-order valence-corrected chi connectivity index (χ3v) is 1.13. The fourth-order valence-corrected chi connectivity index (χ4v) is 0.651. The molecule has 0 bridgehead atoms. The van der Waals surface area contributed by atoms with Crippen molar-refractivity contribution in [1.82, 2.24) is 4.98 Å². The summed E-state index contributed by atoms with van der Waals surface area (Å²) in [6.45, 7) is -5.01. The SMILES string of the molecule is Nc1cccc([B-](F)(F)F)n1. The molecule has 0 amide bonds. The van der Waals surface area contributed by atoms with E-state index in [1.54, 1.807) is 0 Å². The summed E-state index contributed by atoms with van der Waals surface area (Å²) in [6.07, 6.45) is 0. The molecule has 2 N–H and O–H groups in total. The number of nitrogens with two attached hydrogens (primary N) is 1. The van der Waals surface area contributed by atoms with Crippen molar-refractivity contribution >= 4 is 18.4 Å². The van der Waals surface area contributed by atoms with Gasteiger partial charge in [0.1, 0.15) is 5.82 Å². The monoisotopic (exact) mass is 161 g/mol. The minimum Gasteiger partial charge on any atom is -0.444 e. The van der Waals surface area contributed by atoms with Crippen LogP contribution in [-0.2, 0) is 0 Å². The Kier molecular flexibility index (Phi) is 1.76. The number of rotatable bonds is 1. The third-order valence-electron chi connectivity index (χ3n) is 1.13. The fourth-order valence-electron chi connectivity index (χ4n) is 0.651.